The summed E-state index contributed by atoms with van der Waals surface area (Å²) in [6.45, 7) is 2.71. The van der Waals surface area contributed by atoms with E-state index in [1.807, 2.05) is 13.0 Å². The number of benzene rings is 1. The molecule has 0 fully saturated rings. The highest BCUT2D eigenvalue weighted by Gasteiger charge is 2.12. The molecule has 1 aromatic carbocycles. The number of aryl methyl sites for hydroxylation is 2. The maximum Gasteiger partial charge on any atom is 0.306 e. The van der Waals surface area contributed by atoms with Crippen molar-refractivity contribution in [3.8, 4) is 0 Å². The lowest BCUT2D eigenvalue weighted by atomic mass is 10.2. The van der Waals surface area contributed by atoms with Crippen LogP contribution in [0.3, 0.4) is 0 Å². The Morgan fingerprint density at radius 2 is 2.04 bits per heavy atom. The summed E-state index contributed by atoms with van der Waals surface area (Å²) in [5.74, 6) is 0.663. The number of tetrazole rings is 1. The van der Waals surface area contributed by atoms with Gasteiger partial charge < -0.3 is 4.74 Å². The van der Waals surface area contributed by atoms with E-state index in [0.717, 1.165) is 6.42 Å². The van der Waals surface area contributed by atoms with Gasteiger partial charge in [-0.3, -0.25) is 14.2 Å². The summed E-state index contributed by atoms with van der Waals surface area (Å²) >= 11 is 0. The number of para-hydroxylation sites is 1. The summed E-state index contributed by atoms with van der Waals surface area (Å²) in [5.41, 5.74) is 0.496. The first-order valence-electron chi connectivity index (χ1n) is 8.45. The predicted octanol–water partition coefficient (Wildman–Crippen LogP) is 1.01. The van der Waals surface area contributed by atoms with Gasteiger partial charge in [0.05, 0.1) is 17.3 Å². The van der Waals surface area contributed by atoms with Crippen LogP contribution in [-0.4, -0.2) is 35.7 Å². The molecule has 0 spiro atoms. The van der Waals surface area contributed by atoms with Gasteiger partial charge in [0.1, 0.15) is 5.82 Å². The molecule has 0 atom stereocenters. The predicted molar refractivity (Wildman–Crippen MR) is 93.2 cm³/mol. The summed E-state index contributed by atoms with van der Waals surface area (Å²) in [6.07, 6.45) is 1.32. The van der Waals surface area contributed by atoms with Crippen molar-refractivity contribution in [3.05, 3.63) is 46.3 Å². The first kappa shape index (κ1) is 17.7. The lowest BCUT2D eigenvalue weighted by Crippen LogP contribution is -2.23. The maximum absolute atomic E-state index is 12.4. The molecule has 3 aromatic rings. The number of esters is 1. The molecule has 9 heteroatoms. The molecular weight excluding hydrogens is 336 g/mol. The number of aromatic nitrogens is 6. The van der Waals surface area contributed by atoms with Gasteiger partial charge in [0.2, 0.25) is 0 Å². The van der Waals surface area contributed by atoms with Crippen LogP contribution in [0.25, 0.3) is 10.9 Å². The topological polar surface area (TPSA) is 105 Å². The van der Waals surface area contributed by atoms with Gasteiger partial charge in [-0.15, -0.1) is 5.10 Å². The number of fused-ring (bicyclic) bond motifs is 1. The van der Waals surface area contributed by atoms with Crippen molar-refractivity contribution in [2.24, 2.45) is 7.05 Å². The van der Waals surface area contributed by atoms with Crippen LogP contribution in [0.2, 0.25) is 0 Å². The molecule has 0 amide bonds. The molecule has 0 aliphatic rings. The van der Waals surface area contributed by atoms with E-state index in [0.29, 0.717) is 35.5 Å². The molecule has 0 N–H and O–H groups in total. The number of carbonyl (C=O) groups excluding carboxylic acids is 1. The lowest BCUT2D eigenvalue weighted by molar-refractivity contribution is -0.145. The van der Waals surface area contributed by atoms with E-state index in [-0.39, 0.29) is 18.6 Å². The number of rotatable bonds is 7. The Morgan fingerprint density at radius 1 is 1.23 bits per heavy atom. The van der Waals surface area contributed by atoms with Gasteiger partial charge in [0, 0.05) is 20.0 Å². The van der Waals surface area contributed by atoms with Gasteiger partial charge >= 0.3 is 5.97 Å². The monoisotopic (exact) mass is 356 g/mol. The van der Waals surface area contributed by atoms with Crippen molar-refractivity contribution < 1.29 is 9.53 Å². The van der Waals surface area contributed by atoms with Crippen LogP contribution in [0.15, 0.2) is 29.1 Å². The van der Waals surface area contributed by atoms with Crippen LogP contribution < -0.4 is 5.56 Å². The Labute approximate surface area is 149 Å². The zero-order chi connectivity index (χ0) is 18.5. The van der Waals surface area contributed by atoms with E-state index in [1.54, 1.807) is 29.9 Å². The summed E-state index contributed by atoms with van der Waals surface area (Å²) in [7, 11) is 1.65. The molecule has 2 aromatic heterocycles. The Morgan fingerprint density at radius 3 is 2.85 bits per heavy atom. The van der Waals surface area contributed by atoms with E-state index in [4.69, 9.17) is 4.74 Å². The zero-order valence-corrected chi connectivity index (χ0v) is 14.8. The number of ether oxygens (including phenoxy) is 1. The third-order valence-corrected chi connectivity index (χ3v) is 4.03. The average Bonchev–Trinajstić information content (AvgIpc) is 3.09. The van der Waals surface area contributed by atoms with E-state index in [9.17, 15) is 9.59 Å². The van der Waals surface area contributed by atoms with Crippen molar-refractivity contribution in [2.75, 3.05) is 0 Å². The SMILES string of the molecule is CCCn1nnnc1COC(=O)CCc1nc2ccccc2c(=O)n1C. The fourth-order valence-corrected chi connectivity index (χ4v) is 2.63. The Hall–Kier alpha value is -3.10. The molecule has 0 aliphatic carbocycles. The van der Waals surface area contributed by atoms with Crippen LogP contribution in [0.5, 0.6) is 0 Å². The molecule has 0 unspecified atom stereocenters. The van der Waals surface area contributed by atoms with E-state index in [2.05, 4.69) is 20.5 Å². The van der Waals surface area contributed by atoms with Crippen LogP contribution in [0.4, 0.5) is 0 Å². The van der Waals surface area contributed by atoms with Crippen molar-refractivity contribution in [3.63, 3.8) is 0 Å². The number of hydrogen-bond donors (Lipinski definition) is 0. The Bertz CT molecular complexity index is 978. The van der Waals surface area contributed by atoms with Gasteiger partial charge in [0.15, 0.2) is 12.4 Å². The molecule has 0 saturated carbocycles. The summed E-state index contributed by atoms with van der Waals surface area (Å²) in [6, 6.07) is 7.15. The largest absolute Gasteiger partial charge is 0.457 e. The number of hydrogen-bond acceptors (Lipinski definition) is 7. The third kappa shape index (κ3) is 3.76. The second-order valence-electron chi connectivity index (χ2n) is 5.89. The first-order chi connectivity index (χ1) is 12.6. The smallest absolute Gasteiger partial charge is 0.306 e. The van der Waals surface area contributed by atoms with Crippen molar-refractivity contribution >= 4 is 16.9 Å². The van der Waals surface area contributed by atoms with Gasteiger partial charge in [-0.2, -0.15) is 0 Å². The quantitative estimate of drug-likeness (QED) is 0.582. The van der Waals surface area contributed by atoms with Gasteiger partial charge in [-0.25, -0.2) is 9.67 Å². The van der Waals surface area contributed by atoms with E-state index >= 15 is 0 Å². The van der Waals surface area contributed by atoms with Crippen LogP contribution in [-0.2, 0) is 36.2 Å². The maximum atomic E-state index is 12.4. The second kappa shape index (κ2) is 7.85. The van der Waals surface area contributed by atoms with E-state index < -0.39 is 5.97 Å². The molecule has 0 bridgehead atoms. The van der Waals surface area contributed by atoms with Gasteiger partial charge in [0.25, 0.3) is 5.56 Å². The van der Waals surface area contributed by atoms with E-state index in [1.165, 1.54) is 4.57 Å². The number of carbonyl (C=O) groups is 1. The molecular formula is C17H20N6O3. The molecule has 3 rings (SSSR count). The van der Waals surface area contributed by atoms with Crippen molar-refractivity contribution in [1.82, 2.24) is 29.8 Å². The minimum atomic E-state index is -0.390. The first-order valence-corrected chi connectivity index (χ1v) is 8.45. The highest BCUT2D eigenvalue weighted by Crippen LogP contribution is 2.09. The number of nitrogens with zero attached hydrogens (tertiary/aromatic N) is 6. The Kier molecular flexibility index (Phi) is 5.35. The highest BCUT2D eigenvalue weighted by molar-refractivity contribution is 5.77. The summed E-state index contributed by atoms with van der Waals surface area (Å²) in [5, 5.41) is 11.8. The normalized spacial score (nSPS) is 11.0. The molecule has 9 nitrogen and oxygen atoms in total. The fraction of sp³-hybridized carbons (Fsp3) is 0.412. The standard InChI is InChI=1S/C17H20N6O3/c1-3-10-23-15(19-20-21-23)11-26-16(24)9-8-14-18-13-7-5-4-6-12(13)17(25)22(14)2/h4-7H,3,8-11H2,1-2H3. The van der Waals surface area contributed by atoms with Crippen LogP contribution in [0.1, 0.15) is 31.4 Å². The third-order valence-electron chi connectivity index (χ3n) is 4.03. The molecule has 0 aliphatic heterocycles. The molecule has 0 radical (unpaired) electrons. The van der Waals surface area contributed by atoms with Gasteiger partial charge in [-0.1, -0.05) is 19.1 Å². The Balaban J connectivity index is 1.63. The van der Waals surface area contributed by atoms with Crippen molar-refractivity contribution in [1.29, 1.82) is 0 Å². The van der Waals surface area contributed by atoms with Gasteiger partial charge in [-0.05, 0) is 29.0 Å². The zero-order valence-electron chi connectivity index (χ0n) is 14.8. The summed E-state index contributed by atoms with van der Waals surface area (Å²) in [4.78, 5) is 28.9. The molecule has 136 valence electrons. The highest BCUT2D eigenvalue weighted by atomic mass is 16.5. The molecule has 0 saturated heterocycles. The van der Waals surface area contributed by atoms with Crippen LogP contribution >= 0.6 is 0 Å². The minimum Gasteiger partial charge on any atom is -0.457 e. The molecule has 2 heterocycles. The van der Waals surface area contributed by atoms with Crippen molar-refractivity contribution in [2.45, 2.75) is 39.3 Å². The lowest BCUT2D eigenvalue weighted by Gasteiger charge is -2.09. The average molecular weight is 356 g/mol. The minimum absolute atomic E-state index is 0.0237. The fourth-order valence-electron chi connectivity index (χ4n) is 2.63. The molecule has 26 heavy (non-hydrogen) atoms. The second-order valence-corrected chi connectivity index (χ2v) is 5.89. The summed E-state index contributed by atoms with van der Waals surface area (Å²) < 4.78 is 8.32. The van der Waals surface area contributed by atoms with Crippen LogP contribution in [0, 0.1) is 0 Å².